The SMILES string of the molecule is C=C(C)C[C@H]1NC(=O)C[C@]1(C)[Si](C)(C)Cc1ccccc1. The summed E-state index contributed by atoms with van der Waals surface area (Å²) in [5, 5.41) is 3.28. The Morgan fingerprint density at radius 1 is 1.38 bits per heavy atom. The molecular weight excluding hydrogens is 274 g/mol. The maximum absolute atomic E-state index is 12.0. The zero-order valence-corrected chi connectivity index (χ0v) is 14.7. The van der Waals surface area contributed by atoms with Crippen LogP contribution in [0, 0.1) is 0 Å². The highest BCUT2D eigenvalue weighted by Gasteiger charge is 2.53. The lowest BCUT2D eigenvalue weighted by molar-refractivity contribution is -0.119. The number of benzene rings is 1. The van der Waals surface area contributed by atoms with Gasteiger partial charge in [0.05, 0.1) is 8.07 Å². The summed E-state index contributed by atoms with van der Waals surface area (Å²) in [6.45, 7) is 13.2. The van der Waals surface area contributed by atoms with Crippen molar-refractivity contribution < 1.29 is 4.79 Å². The molecule has 2 rings (SSSR count). The third kappa shape index (κ3) is 3.29. The van der Waals surface area contributed by atoms with Crippen molar-refractivity contribution in [2.24, 2.45) is 0 Å². The minimum Gasteiger partial charge on any atom is -0.353 e. The van der Waals surface area contributed by atoms with Crippen molar-refractivity contribution >= 4 is 14.0 Å². The molecule has 114 valence electrons. The molecule has 3 heteroatoms. The molecule has 1 fully saturated rings. The summed E-state index contributed by atoms with van der Waals surface area (Å²) in [6.07, 6.45) is 1.56. The second-order valence-corrected chi connectivity index (χ2v) is 12.7. The van der Waals surface area contributed by atoms with Crippen molar-refractivity contribution in [1.29, 1.82) is 0 Å². The summed E-state index contributed by atoms with van der Waals surface area (Å²) >= 11 is 0. The number of carbonyl (C=O) groups is 1. The lowest BCUT2D eigenvalue weighted by Gasteiger charge is -2.43. The Hall–Kier alpha value is -1.35. The molecule has 1 aromatic carbocycles. The van der Waals surface area contributed by atoms with Crippen molar-refractivity contribution in [1.82, 2.24) is 5.32 Å². The van der Waals surface area contributed by atoms with Crippen LogP contribution in [0.3, 0.4) is 0 Å². The zero-order chi connectivity index (χ0) is 15.7. The van der Waals surface area contributed by atoms with Crippen LogP contribution >= 0.6 is 0 Å². The first-order chi connectivity index (χ1) is 9.74. The molecule has 0 bridgehead atoms. The standard InChI is InChI=1S/C18H27NOSi/c1-14(2)11-16-18(3,12-17(20)19-16)21(4,5)13-15-9-7-6-8-10-15/h6-10,16H,1,11-13H2,2-5H3,(H,19,20)/t16-,18+/m1/s1. The molecule has 1 aromatic rings. The summed E-state index contributed by atoms with van der Waals surface area (Å²) < 4.78 is 0. The van der Waals surface area contributed by atoms with E-state index in [0.29, 0.717) is 6.42 Å². The van der Waals surface area contributed by atoms with E-state index in [1.165, 1.54) is 5.56 Å². The van der Waals surface area contributed by atoms with Crippen LogP contribution in [0.25, 0.3) is 0 Å². The van der Waals surface area contributed by atoms with Gasteiger partial charge in [0.2, 0.25) is 5.91 Å². The zero-order valence-electron chi connectivity index (χ0n) is 13.7. The summed E-state index contributed by atoms with van der Waals surface area (Å²) in [5.41, 5.74) is 2.54. The molecule has 0 aliphatic carbocycles. The second kappa shape index (κ2) is 5.80. The van der Waals surface area contributed by atoms with Gasteiger partial charge in [-0.25, -0.2) is 0 Å². The molecule has 1 aliphatic heterocycles. The summed E-state index contributed by atoms with van der Waals surface area (Å²) in [4.78, 5) is 12.0. The van der Waals surface area contributed by atoms with Gasteiger partial charge >= 0.3 is 0 Å². The Balaban J connectivity index is 2.26. The van der Waals surface area contributed by atoms with E-state index in [2.05, 4.69) is 69.2 Å². The van der Waals surface area contributed by atoms with Crippen molar-refractivity contribution in [2.75, 3.05) is 0 Å². The number of hydrogen-bond acceptors (Lipinski definition) is 1. The van der Waals surface area contributed by atoms with E-state index in [1.807, 2.05) is 0 Å². The fourth-order valence-electron chi connectivity index (χ4n) is 3.51. The first-order valence-corrected chi connectivity index (χ1v) is 10.9. The van der Waals surface area contributed by atoms with Crippen LogP contribution in [-0.2, 0) is 10.8 Å². The van der Waals surface area contributed by atoms with Gasteiger partial charge in [-0.2, -0.15) is 0 Å². The van der Waals surface area contributed by atoms with Crippen LogP contribution in [0.15, 0.2) is 42.5 Å². The van der Waals surface area contributed by atoms with E-state index >= 15 is 0 Å². The van der Waals surface area contributed by atoms with E-state index in [-0.39, 0.29) is 17.0 Å². The van der Waals surface area contributed by atoms with Gasteiger partial charge in [-0.3, -0.25) is 4.79 Å². The first kappa shape index (κ1) is 16.0. The van der Waals surface area contributed by atoms with E-state index in [1.54, 1.807) is 0 Å². The maximum atomic E-state index is 12.0. The summed E-state index contributed by atoms with van der Waals surface area (Å²) in [5.74, 6) is 0.206. The molecule has 1 saturated heterocycles. The molecule has 2 nitrogen and oxygen atoms in total. The number of hydrogen-bond donors (Lipinski definition) is 1. The van der Waals surface area contributed by atoms with Gasteiger partial charge in [0.15, 0.2) is 0 Å². The van der Waals surface area contributed by atoms with Crippen LogP contribution in [0.5, 0.6) is 0 Å². The molecule has 0 aromatic heterocycles. The Morgan fingerprint density at radius 3 is 2.57 bits per heavy atom. The summed E-state index contributed by atoms with van der Waals surface area (Å²) in [6, 6.07) is 12.0. The van der Waals surface area contributed by atoms with E-state index in [4.69, 9.17) is 0 Å². The maximum Gasteiger partial charge on any atom is 0.220 e. The molecule has 0 spiro atoms. The van der Waals surface area contributed by atoms with Gasteiger partial charge < -0.3 is 5.32 Å². The smallest absolute Gasteiger partial charge is 0.220 e. The molecular formula is C18H27NOSi. The highest BCUT2D eigenvalue weighted by molar-refractivity contribution is 6.80. The third-order valence-electron chi connectivity index (χ3n) is 5.22. The van der Waals surface area contributed by atoms with Gasteiger partial charge in [-0.15, -0.1) is 6.58 Å². The monoisotopic (exact) mass is 301 g/mol. The Morgan fingerprint density at radius 2 is 2.00 bits per heavy atom. The highest BCUT2D eigenvalue weighted by atomic mass is 28.3. The Bertz CT molecular complexity index is 537. The van der Waals surface area contributed by atoms with Crippen LogP contribution in [0.2, 0.25) is 18.1 Å². The van der Waals surface area contributed by atoms with Crippen LogP contribution in [0.1, 0.15) is 32.3 Å². The molecule has 0 saturated carbocycles. The van der Waals surface area contributed by atoms with Crippen LogP contribution in [-0.4, -0.2) is 20.0 Å². The van der Waals surface area contributed by atoms with Gasteiger partial charge in [0, 0.05) is 12.5 Å². The molecule has 1 amide bonds. The minimum absolute atomic E-state index is 0.0822. The van der Waals surface area contributed by atoms with Gasteiger partial charge in [0.25, 0.3) is 0 Å². The van der Waals surface area contributed by atoms with Crippen molar-refractivity contribution in [3.05, 3.63) is 48.0 Å². The van der Waals surface area contributed by atoms with Gasteiger partial charge in [0.1, 0.15) is 0 Å². The first-order valence-electron chi connectivity index (χ1n) is 7.72. The summed E-state index contributed by atoms with van der Waals surface area (Å²) in [7, 11) is -1.63. The van der Waals surface area contributed by atoms with Crippen molar-refractivity contribution in [3.63, 3.8) is 0 Å². The predicted octanol–water partition coefficient (Wildman–Crippen LogP) is 4.09. The number of rotatable bonds is 5. The molecule has 0 unspecified atom stereocenters. The Kier molecular flexibility index (Phi) is 4.42. The molecule has 0 radical (unpaired) electrons. The quantitative estimate of drug-likeness (QED) is 0.644. The van der Waals surface area contributed by atoms with Crippen LogP contribution in [0.4, 0.5) is 0 Å². The molecule has 1 N–H and O–H groups in total. The highest BCUT2D eigenvalue weighted by Crippen LogP contribution is 2.50. The Labute approximate surface area is 129 Å². The lowest BCUT2D eigenvalue weighted by Crippen LogP contribution is -2.49. The fraction of sp³-hybridized carbons (Fsp3) is 0.500. The number of nitrogens with one attached hydrogen (secondary N) is 1. The van der Waals surface area contributed by atoms with Crippen LogP contribution < -0.4 is 5.32 Å². The molecule has 1 heterocycles. The van der Waals surface area contributed by atoms with Gasteiger partial charge in [-0.05, 0) is 24.4 Å². The fourth-order valence-corrected chi connectivity index (χ4v) is 6.92. The topological polar surface area (TPSA) is 29.1 Å². The van der Waals surface area contributed by atoms with Gasteiger partial charge in [-0.1, -0.05) is 61.5 Å². The largest absolute Gasteiger partial charge is 0.353 e. The van der Waals surface area contributed by atoms with Crippen molar-refractivity contribution in [2.45, 2.75) is 56.9 Å². The lowest BCUT2D eigenvalue weighted by atomic mass is 9.96. The average Bonchev–Trinajstić information content (AvgIpc) is 2.65. The number of amides is 1. The normalized spacial score (nSPS) is 25.7. The van der Waals surface area contributed by atoms with E-state index in [0.717, 1.165) is 18.0 Å². The second-order valence-electron chi connectivity index (χ2n) is 7.42. The van der Waals surface area contributed by atoms with E-state index < -0.39 is 8.07 Å². The molecule has 21 heavy (non-hydrogen) atoms. The predicted molar refractivity (Wildman–Crippen MR) is 92.0 cm³/mol. The molecule has 1 aliphatic rings. The average molecular weight is 302 g/mol. The van der Waals surface area contributed by atoms with Crippen molar-refractivity contribution in [3.8, 4) is 0 Å². The van der Waals surface area contributed by atoms with E-state index in [9.17, 15) is 4.79 Å². The number of carbonyl (C=O) groups excluding carboxylic acids is 1. The molecule has 2 atom stereocenters. The minimum atomic E-state index is -1.63. The third-order valence-corrected chi connectivity index (χ3v) is 10.1.